The number of nitrogens with two attached hydrogens (primary N) is 1. The molecule has 0 saturated carbocycles. The molecule has 0 aromatic carbocycles. The van der Waals surface area contributed by atoms with Crippen LogP contribution in [-0.2, 0) is 6.54 Å². The molecule has 96 valence electrons. The van der Waals surface area contributed by atoms with Crippen molar-refractivity contribution < 1.29 is 0 Å². The van der Waals surface area contributed by atoms with Gasteiger partial charge < -0.3 is 5.73 Å². The molecule has 2 heterocycles. The zero-order valence-electron chi connectivity index (χ0n) is 11.1. The fourth-order valence-electron chi connectivity index (χ4n) is 2.31. The van der Waals surface area contributed by atoms with E-state index in [-0.39, 0.29) is 0 Å². The van der Waals surface area contributed by atoms with Crippen molar-refractivity contribution in [3.8, 4) is 0 Å². The van der Waals surface area contributed by atoms with Gasteiger partial charge in [0.2, 0.25) is 0 Å². The van der Waals surface area contributed by atoms with Gasteiger partial charge in [0.15, 0.2) is 0 Å². The minimum absolute atomic E-state index is 0.323. The van der Waals surface area contributed by atoms with Gasteiger partial charge in [-0.15, -0.1) is 0 Å². The van der Waals surface area contributed by atoms with Gasteiger partial charge >= 0.3 is 0 Å². The molecule has 1 aromatic heterocycles. The van der Waals surface area contributed by atoms with Gasteiger partial charge in [-0.25, -0.2) is 0 Å². The Bertz CT molecular complexity index is 358. The van der Waals surface area contributed by atoms with Gasteiger partial charge in [0.25, 0.3) is 0 Å². The number of hydrogen-bond acceptors (Lipinski definition) is 3. The topological polar surface area (TPSA) is 47.1 Å². The number of piperidine rings is 1. The van der Waals surface area contributed by atoms with Gasteiger partial charge in [0.1, 0.15) is 0 Å². The first-order valence-corrected chi connectivity index (χ1v) is 6.57. The Morgan fingerprint density at radius 1 is 1.53 bits per heavy atom. The van der Waals surface area contributed by atoms with E-state index >= 15 is 0 Å². The van der Waals surface area contributed by atoms with E-state index in [1.165, 1.54) is 12.0 Å². The van der Waals surface area contributed by atoms with Crippen LogP contribution in [0.2, 0.25) is 0 Å². The lowest BCUT2D eigenvalue weighted by Gasteiger charge is -2.34. The van der Waals surface area contributed by atoms with E-state index in [4.69, 9.17) is 5.73 Å². The number of likely N-dealkylation sites (tertiary alicyclic amines) is 1. The highest BCUT2D eigenvalue weighted by Crippen LogP contribution is 2.17. The SMILES string of the molecule is CC1CCN(Cc2cnn(C(C)C)c2)CC1N. The second-order valence-electron chi connectivity index (χ2n) is 5.59. The molecule has 1 aliphatic rings. The summed E-state index contributed by atoms with van der Waals surface area (Å²) in [4.78, 5) is 2.44. The van der Waals surface area contributed by atoms with E-state index in [2.05, 4.69) is 37.0 Å². The molecule has 17 heavy (non-hydrogen) atoms. The summed E-state index contributed by atoms with van der Waals surface area (Å²) >= 11 is 0. The smallest absolute Gasteiger partial charge is 0.0534 e. The van der Waals surface area contributed by atoms with Crippen molar-refractivity contribution in [1.82, 2.24) is 14.7 Å². The predicted molar refractivity (Wildman–Crippen MR) is 69.6 cm³/mol. The number of aromatic nitrogens is 2. The molecule has 4 nitrogen and oxygen atoms in total. The van der Waals surface area contributed by atoms with Gasteiger partial charge in [-0.05, 0) is 32.7 Å². The van der Waals surface area contributed by atoms with Crippen molar-refractivity contribution in [2.45, 2.75) is 45.8 Å². The molecular weight excluding hydrogens is 212 g/mol. The Morgan fingerprint density at radius 3 is 2.88 bits per heavy atom. The van der Waals surface area contributed by atoms with Crippen LogP contribution in [0.4, 0.5) is 0 Å². The summed E-state index contributed by atoms with van der Waals surface area (Å²) in [6.07, 6.45) is 5.33. The predicted octanol–water partition coefficient (Wildman–Crippen LogP) is 1.63. The van der Waals surface area contributed by atoms with E-state index in [1.54, 1.807) is 0 Å². The summed E-state index contributed by atoms with van der Waals surface area (Å²) in [5.41, 5.74) is 7.41. The van der Waals surface area contributed by atoms with Crippen molar-refractivity contribution in [2.75, 3.05) is 13.1 Å². The van der Waals surface area contributed by atoms with E-state index in [9.17, 15) is 0 Å². The molecule has 1 saturated heterocycles. The number of rotatable bonds is 3. The molecule has 2 atom stereocenters. The van der Waals surface area contributed by atoms with Crippen molar-refractivity contribution in [3.63, 3.8) is 0 Å². The summed E-state index contributed by atoms with van der Waals surface area (Å²) in [6, 6.07) is 0.760. The first kappa shape index (κ1) is 12.6. The summed E-state index contributed by atoms with van der Waals surface area (Å²) in [6.45, 7) is 9.69. The van der Waals surface area contributed by atoms with Crippen LogP contribution >= 0.6 is 0 Å². The number of hydrogen-bond donors (Lipinski definition) is 1. The molecule has 0 bridgehead atoms. The molecule has 1 aliphatic heterocycles. The molecule has 2 rings (SSSR count). The molecule has 2 unspecified atom stereocenters. The largest absolute Gasteiger partial charge is 0.326 e. The van der Waals surface area contributed by atoms with Crippen molar-refractivity contribution in [2.24, 2.45) is 11.7 Å². The van der Waals surface area contributed by atoms with Gasteiger partial charge in [-0.1, -0.05) is 6.92 Å². The van der Waals surface area contributed by atoms with E-state index in [0.717, 1.165) is 19.6 Å². The van der Waals surface area contributed by atoms with Crippen LogP contribution in [0, 0.1) is 5.92 Å². The molecule has 0 spiro atoms. The first-order valence-electron chi connectivity index (χ1n) is 6.57. The Morgan fingerprint density at radius 2 is 2.29 bits per heavy atom. The highest BCUT2D eigenvalue weighted by molar-refractivity contribution is 5.04. The van der Waals surface area contributed by atoms with Crippen LogP contribution in [0.25, 0.3) is 0 Å². The Kier molecular flexibility index (Phi) is 3.84. The van der Waals surface area contributed by atoms with Crippen LogP contribution in [0.15, 0.2) is 12.4 Å². The van der Waals surface area contributed by atoms with E-state index in [0.29, 0.717) is 18.0 Å². The minimum Gasteiger partial charge on any atom is -0.326 e. The lowest BCUT2D eigenvalue weighted by Crippen LogP contribution is -2.47. The molecule has 4 heteroatoms. The quantitative estimate of drug-likeness (QED) is 0.867. The normalized spacial score (nSPS) is 26.6. The average Bonchev–Trinajstić information content (AvgIpc) is 2.72. The van der Waals surface area contributed by atoms with Gasteiger partial charge in [-0.2, -0.15) is 5.10 Å². The van der Waals surface area contributed by atoms with E-state index in [1.807, 2.05) is 10.9 Å². The summed E-state index contributed by atoms with van der Waals surface area (Å²) < 4.78 is 2.02. The zero-order valence-corrected chi connectivity index (χ0v) is 11.1. The molecule has 0 amide bonds. The third-order valence-electron chi connectivity index (χ3n) is 3.69. The molecule has 0 aliphatic carbocycles. The second kappa shape index (κ2) is 5.19. The molecule has 2 N–H and O–H groups in total. The van der Waals surface area contributed by atoms with Crippen molar-refractivity contribution in [3.05, 3.63) is 18.0 Å². The van der Waals surface area contributed by atoms with Crippen LogP contribution < -0.4 is 5.73 Å². The highest BCUT2D eigenvalue weighted by atomic mass is 15.3. The highest BCUT2D eigenvalue weighted by Gasteiger charge is 2.23. The molecule has 1 fully saturated rings. The van der Waals surface area contributed by atoms with Gasteiger partial charge in [0, 0.05) is 36.9 Å². The third-order valence-corrected chi connectivity index (χ3v) is 3.69. The third kappa shape index (κ3) is 3.07. The fraction of sp³-hybridized carbons (Fsp3) is 0.769. The molecule has 0 radical (unpaired) electrons. The summed E-state index contributed by atoms with van der Waals surface area (Å²) in [7, 11) is 0. The maximum absolute atomic E-state index is 6.11. The van der Waals surface area contributed by atoms with Gasteiger partial charge in [0.05, 0.1) is 6.20 Å². The van der Waals surface area contributed by atoms with Crippen LogP contribution in [0.5, 0.6) is 0 Å². The molecule has 1 aromatic rings. The Balaban J connectivity index is 1.92. The standard InChI is InChI=1S/C13H24N4/c1-10(2)17-8-12(6-15-17)7-16-5-4-11(3)13(14)9-16/h6,8,10-11,13H,4-5,7,9,14H2,1-3H3. The Hall–Kier alpha value is -0.870. The maximum Gasteiger partial charge on any atom is 0.0534 e. The maximum atomic E-state index is 6.11. The monoisotopic (exact) mass is 236 g/mol. The zero-order chi connectivity index (χ0) is 12.4. The minimum atomic E-state index is 0.323. The van der Waals surface area contributed by atoms with E-state index < -0.39 is 0 Å². The average molecular weight is 236 g/mol. The molecular formula is C13H24N4. The number of nitrogens with zero attached hydrogens (tertiary/aromatic N) is 3. The van der Waals surface area contributed by atoms with Crippen LogP contribution in [-0.4, -0.2) is 33.8 Å². The van der Waals surface area contributed by atoms with Crippen LogP contribution in [0.1, 0.15) is 38.8 Å². The van der Waals surface area contributed by atoms with Crippen LogP contribution in [0.3, 0.4) is 0 Å². The van der Waals surface area contributed by atoms with Crippen molar-refractivity contribution in [1.29, 1.82) is 0 Å². The lowest BCUT2D eigenvalue weighted by molar-refractivity contribution is 0.162. The Labute approximate surface area is 104 Å². The summed E-state index contributed by atoms with van der Waals surface area (Å²) in [5, 5.41) is 4.37. The lowest BCUT2D eigenvalue weighted by atomic mass is 9.94. The van der Waals surface area contributed by atoms with Gasteiger partial charge in [-0.3, -0.25) is 9.58 Å². The van der Waals surface area contributed by atoms with Crippen molar-refractivity contribution >= 4 is 0 Å². The fourth-order valence-corrected chi connectivity index (χ4v) is 2.31. The second-order valence-corrected chi connectivity index (χ2v) is 5.59. The first-order chi connectivity index (χ1) is 8.06. The summed E-state index contributed by atoms with van der Waals surface area (Å²) in [5.74, 6) is 0.657.